The number of rotatable bonds is 8. The number of aryl methyl sites for hydroxylation is 1. The molecule has 0 amide bonds. The second kappa shape index (κ2) is 9.79. The highest BCUT2D eigenvalue weighted by molar-refractivity contribution is 6.06. The number of fused-ring (bicyclic) bond motifs is 3. The lowest BCUT2D eigenvalue weighted by molar-refractivity contribution is -0.139. The average Bonchev–Trinajstić information content (AvgIpc) is 3.18. The Hall–Kier alpha value is -4.12. The minimum absolute atomic E-state index is 0.339. The molecular formula is C29H26O5. The summed E-state index contributed by atoms with van der Waals surface area (Å²) in [5.74, 6) is -0.390. The van der Waals surface area contributed by atoms with Gasteiger partial charge in [-0.3, -0.25) is 0 Å². The van der Waals surface area contributed by atoms with E-state index in [1.165, 1.54) is 5.56 Å². The van der Waals surface area contributed by atoms with Crippen LogP contribution >= 0.6 is 0 Å². The molecule has 0 aliphatic rings. The molecule has 172 valence electrons. The molecule has 0 radical (unpaired) electrons. The summed E-state index contributed by atoms with van der Waals surface area (Å²) in [6.45, 7) is 10.8. The Kier molecular flexibility index (Phi) is 6.64. The second-order valence-corrected chi connectivity index (χ2v) is 8.36. The molecule has 0 saturated carbocycles. The van der Waals surface area contributed by atoms with E-state index >= 15 is 0 Å². The van der Waals surface area contributed by atoms with Crippen LogP contribution in [0.1, 0.15) is 25.8 Å². The maximum absolute atomic E-state index is 11.8. The van der Waals surface area contributed by atoms with Crippen molar-refractivity contribution in [3.63, 3.8) is 0 Å². The van der Waals surface area contributed by atoms with Gasteiger partial charge in [-0.2, -0.15) is 0 Å². The Balaban J connectivity index is 1.48. The van der Waals surface area contributed by atoms with Gasteiger partial charge in [0.1, 0.15) is 16.9 Å². The van der Waals surface area contributed by atoms with Crippen LogP contribution in [0.5, 0.6) is 5.75 Å². The number of hydrogen-bond acceptors (Lipinski definition) is 5. The molecule has 4 rings (SSSR count). The summed E-state index contributed by atoms with van der Waals surface area (Å²) in [6.07, 6.45) is 1.58. The summed E-state index contributed by atoms with van der Waals surface area (Å²) in [5, 5.41) is 1.96. The molecule has 0 saturated heterocycles. The van der Waals surface area contributed by atoms with Gasteiger partial charge in [-0.25, -0.2) is 9.59 Å². The van der Waals surface area contributed by atoms with Gasteiger partial charge < -0.3 is 13.9 Å². The highest BCUT2D eigenvalue weighted by Gasteiger charge is 2.12. The van der Waals surface area contributed by atoms with Crippen molar-refractivity contribution in [3.05, 3.63) is 90.5 Å². The van der Waals surface area contributed by atoms with Crippen LogP contribution in [0.25, 0.3) is 33.1 Å². The van der Waals surface area contributed by atoms with Gasteiger partial charge in [0.05, 0.1) is 6.61 Å². The second-order valence-electron chi connectivity index (χ2n) is 8.36. The number of carbonyl (C=O) groups excluding carboxylic acids is 2. The summed E-state index contributed by atoms with van der Waals surface area (Å²) in [7, 11) is 0. The number of carbonyl (C=O) groups is 2. The monoisotopic (exact) mass is 454 g/mol. The van der Waals surface area contributed by atoms with Crippen molar-refractivity contribution in [1.82, 2.24) is 0 Å². The normalized spacial score (nSPS) is 10.9. The van der Waals surface area contributed by atoms with Crippen LogP contribution in [0.2, 0.25) is 0 Å². The minimum atomic E-state index is -0.464. The van der Waals surface area contributed by atoms with Gasteiger partial charge in [0.15, 0.2) is 0 Å². The molecule has 0 bridgehead atoms. The maximum Gasteiger partial charge on any atom is 0.338 e. The number of hydrogen-bond donors (Lipinski definition) is 0. The van der Waals surface area contributed by atoms with E-state index in [-0.39, 0.29) is 5.97 Å². The first-order chi connectivity index (χ1) is 16.3. The van der Waals surface area contributed by atoms with E-state index < -0.39 is 5.97 Å². The topological polar surface area (TPSA) is 65.7 Å². The first-order valence-electron chi connectivity index (χ1n) is 11.1. The van der Waals surface area contributed by atoms with Gasteiger partial charge in [0, 0.05) is 28.0 Å². The minimum Gasteiger partial charge on any atom is -0.462 e. The van der Waals surface area contributed by atoms with Gasteiger partial charge in [0.25, 0.3) is 0 Å². The van der Waals surface area contributed by atoms with Crippen LogP contribution in [-0.4, -0.2) is 18.5 Å². The number of esters is 2. The Morgan fingerprint density at radius 3 is 2.09 bits per heavy atom. The van der Waals surface area contributed by atoms with Crippen molar-refractivity contribution < 1.29 is 23.5 Å². The van der Waals surface area contributed by atoms with Crippen molar-refractivity contribution >= 4 is 33.9 Å². The van der Waals surface area contributed by atoms with Crippen LogP contribution < -0.4 is 4.74 Å². The highest BCUT2D eigenvalue weighted by Crippen LogP contribution is 2.34. The smallest absolute Gasteiger partial charge is 0.338 e. The predicted molar refractivity (Wildman–Crippen MR) is 134 cm³/mol. The molecule has 5 heteroatoms. The van der Waals surface area contributed by atoms with Crippen molar-refractivity contribution in [2.24, 2.45) is 0 Å². The van der Waals surface area contributed by atoms with Gasteiger partial charge in [0.2, 0.25) is 0 Å². The lowest BCUT2D eigenvalue weighted by Crippen LogP contribution is -2.07. The van der Waals surface area contributed by atoms with Gasteiger partial charge in [-0.15, -0.1) is 0 Å². The molecule has 0 fully saturated rings. The van der Waals surface area contributed by atoms with Crippen LogP contribution in [0.4, 0.5) is 0 Å². The van der Waals surface area contributed by atoms with E-state index in [9.17, 15) is 9.59 Å². The molecule has 0 aliphatic carbocycles. The third kappa shape index (κ3) is 5.09. The molecule has 1 aromatic heterocycles. The molecule has 1 heterocycles. The van der Waals surface area contributed by atoms with Crippen LogP contribution in [0.3, 0.4) is 0 Å². The first kappa shape index (κ1) is 23.1. The molecular weight excluding hydrogens is 428 g/mol. The van der Waals surface area contributed by atoms with Crippen LogP contribution in [0, 0.1) is 0 Å². The number of benzene rings is 3. The SMILES string of the molecule is C=C(C)C(=O)OCCCc1ccc(-c2ccc3c(c2)oc2cc(OC(=O)C(=C)C)ccc23)cc1. The maximum atomic E-state index is 11.8. The molecule has 0 spiro atoms. The van der Waals surface area contributed by atoms with E-state index in [2.05, 4.69) is 43.5 Å². The van der Waals surface area contributed by atoms with E-state index in [0.29, 0.717) is 29.1 Å². The Morgan fingerprint density at radius 2 is 1.41 bits per heavy atom. The number of furan rings is 1. The average molecular weight is 455 g/mol. The third-order valence-corrected chi connectivity index (χ3v) is 5.48. The fourth-order valence-corrected chi connectivity index (χ4v) is 3.62. The fourth-order valence-electron chi connectivity index (χ4n) is 3.62. The van der Waals surface area contributed by atoms with Crippen LogP contribution in [-0.2, 0) is 20.7 Å². The summed E-state index contributed by atoms with van der Waals surface area (Å²) in [4.78, 5) is 23.2. The Bertz CT molecular complexity index is 1410. The molecule has 5 nitrogen and oxygen atoms in total. The Labute approximate surface area is 198 Å². The lowest BCUT2D eigenvalue weighted by atomic mass is 10.0. The first-order valence-corrected chi connectivity index (χ1v) is 11.1. The molecule has 0 aliphatic heterocycles. The van der Waals surface area contributed by atoms with Crippen LogP contribution in [0.15, 0.2) is 89.4 Å². The zero-order valence-electron chi connectivity index (χ0n) is 19.4. The van der Waals surface area contributed by atoms with Crippen molar-refractivity contribution in [2.75, 3.05) is 6.61 Å². The van der Waals surface area contributed by atoms with Gasteiger partial charge in [-0.1, -0.05) is 43.5 Å². The van der Waals surface area contributed by atoms with E-state index in [0.717, 1.165) is 40.3 Å². The zero-order chi connectivity index (χ0) is 24.2. The molecule has 4 aromatic rings. The van der Waals surface area contributed by atoms with Gasteiger partial charge in [-0.05, 0) is 67.6 Å². The van der Waals surface area contributed by atoms with Crippen molar-refractivity contribution in [3.8, 4) is 16.9 Å². The van der Waals surface area contributed by atoms with E-state index in [1.807, 2.05) is 18.2 Å². The highest BCUT2D eigenvalue weighted by atomic mass is 16.5. The predicted octanol–water partition coefficient (Wildman–Crippen LogP) is 6.79. The third-order valence-electron chi connectivity index (χ3n) is 5.48. The molecule has 0 unspecified atom stereocenters. The van der Waals surface area contributed by atoms with Crippen molar-refractivity contribution in [2.45, 2.75) is 26.7 Å². The fraction of sp³-hybridized carbons (Fsp3) is 0.172. The molecule has 0 N–H and O–H groups in total. The van der Waals surface area contributed by atoms with E-state index in [1.54, 1.807) is 26.0 Å². The number of ether oxygens (including phenoxy) is 2. The molecule has 0 atom stereocenters. The molecule has 3 aromatic carbocycles. The quantitative estimate of drug-likeness (QED) is 0.127. The molecule has 34 heavy (non-hydrogen) atoms. The zero-order valence-corrected chi connectivity index (χ0v) is 19.4. The van der Waals surface area contributed by atoms with E-state index in [4.69, 9.17) is 13.9 Å². The summed E-state index contributed by atoms with van der Waals surface area (Å²) >= 11 is 0. The van der Waals surface area contributed by atoms with Gasteiger partial charge >= 0.3 is 11.9 Å². The standard InChI is InChI=1S/C29H26O5/c1-18(2)28(30)32-15-5-6-20-7-9-21(10-8-20)22-11-13-24-25-14-12-23(33-29(31)19(3)4)17-27(25)34-26(24)16-22/h7-14,16-17H,1,3,5-6,15H2,2,4H3. The van der Waals surface area contributed by atoms with Crippen molar-refractivity contribution in [1.29, 1.82) is 0 Å². The summed E-state index contributed by atoms with van der Waals surface area (Å²) < 4.78 is 16.5. The summed E-state index contributed by atoms with van der Waals surface area (Å²) in [5.41, 5.74) is 5.47. The largest absolute Gasteiger partial charge is 0.462 e. The Morgan fingerprint density at radius 1 is 0.794 bits per heavy atom. The summed E-state index contributed by atoms with van der Waals surface area (Å²) in [6, 6.07) is 19.8. The lowest BCUT2D eigenvalue weighted by Gasteiger charge is -2.06.